The predicted octanol–water partition coefficient (Wildman–Crippen LogP) is 2.78. The van der Waals surface area contributed by atoms with Crippen LogP contribution in [0.4, 0.5) is 0 Å². The molecule has 118 valence electrons. The molecule has 1 aliphatic carbocycles. The Kier molecular flexibility index (Phi) is 5.79. The van der Waals surface area contributed by atoms with Gasteiger partial charge in [0.2, 0.25) is 10.0 Å². The van der Waals surface area contributed by atoms with E-state index in [4.69, 9.17) is 5.73 Å². The van der Waals surface area contributed by atoms with Crippen molar-refractivity contribution in [2.24, 2.45) is 11.7 Å². The molecule has 21 heavy (non-hydrogen) atoms. The maximum atomic E-state index is 12.6. The molecule has 0 saturated heterocycles. The quantitative estimate of drug-likeness (QED) is 0.848. The molecule has 0 aromatic heterocycles. The summed E-state index contributed by atoms with van der Waals surface area (Å²) >= 11 is 0. The van der Waals surface area contributed by atoms with E-state index >= 15 is 0 Å². The van der Waals surface area contributed by atoms with Crippen molar-refractivity contribution in [3.05, 3.63) is 29.8 Å². The van der Waals surface area contributed by atoms with Crippen molar-refractivity contribution in [2.45, 2.75) is 62.9 Å². The molecule has 1 aromatic rings. The Bertz CT molecular complexity index is 551. The summed E-state index contributed by atoms with van der Waals surface area (Å²) in [4.78, 5) is 0.319. The van der Waals surface area contributed by atoms with Crippen LogP contribution in [0.1, 0.15) is 51.0 Å². The zero-order chi connectivity index (χ0) is 15.3. The lowest BCUT2D eigenvalue weighted by Crippen LogP contribution is -2.40. The molecule has 1 aliphatic rings. The van der Waals surface area contributed by atoms with Gasteiger partial charge in [-0.1, -0.05) is 38.3 Å². The molecule has 1 saturated carbocycles. The Hall–Kier alpha value is -0.910. The molecule has 0 amide bonds. The zero-order valence-electron chi connectivity index (χ0n) is 12.7. The SMILES string of the molecule is CCC(NS(=O)(=O)c1cccc(CN)c1)C1CCCCC1. The highest BCUT2D eigenvalue weighted by molar-refractivity contribution is 7.89. The van der Waals surface area contributed by atoms with Gasteiger partial charge in [-0.25, -0.2) is 13.1 Å². The van der Waals surface area contributed by atoms with Crippen LogP contribution in [0.25, 0.3) is 0 Å². The molecule has 1 unspecified atom stereocenters. The maximum Gasteiger partial charge on any atom is 0.240 e. The topological polar surface area (TPSA) is 72.2 Å². The van der Waals surface area contributed by atoms with Gasteiger partial charge in [-0.15, -0.1) is 0 Å². The molecular weight excluding hydrogens is 284 g/mol. The van der Waals surface area contributed by atoms with E-state index in [2.05, 4.69) is 11.6 Å². The molecule has 3 N–H and O–H groups in total. The number of nitrogens with one attached hydrogen (secondary N) is 1. The number of rotatable bonds is 6. The minimum absolute atomic E-state index is 0.0387. The second kappa shape index (κ2) is 7.38. The summed E-state index contributed by atoms with van der Waals surface area (Å²) in [5, 5.41) is 0. The van der Waals surface area contributed by atoms with Gasteiger partial charge in [-0.2, -0.15) is 0 Å². The average molecular weight is 310 g/mol. The van der Waals surface area contributed by atoms with Crippen LogP contribution in [-0.2, 0) is 16.6 Å². The van der Waals surface area contributed by atoms with Crippen LogP contribution in [0.5, 0.6) is 0 Å². The molecule has 0 aliphatic heterocycles. The highest BCUT2D eigenvalue weighted by Crippen LogP contribution is 2.28. The van der Waals surface area contributed by atoms with Gasteiger partial charge in [0.1, 0.15) is 0 Å². The Morgan fingerprint density at radius 1 is 1.29 bits per heavy atom. The lowest BCUT2D eigenvalue weighted by atomic mass is 9.83. The Morgan fingerprint density at radius 3 is 2.62 bits per heavy atom. The Labute approximate surface area is 128 Å². The summed E-state index contributed by atoms with van der Waals surface area (Å²) in [7, 11) is -3.46. The van der Waals surface area contributed by atoms with Crippen LogP contribution in [0, 0.1) is 5.92 Å². The van der Waals surface area contributed by atoms with Crippen LogP contribution in [0.3, 0.4) is 0 Å². The fourth-order valence-corrected chi connectivity index (χ4v) is 4.61. The van der Waals surface area contributed by atoms with Crippen molar-refractivity contribution >= 4 is 10.0 Å². The van der Waals surface area contributed by atoms with Crippen LogP contribution in [-0.4, -0.2) is 14.5 Å². The first-order valence-corrected chi connectivity index (χ1v) is 9.36. The summed E-state index contributed by atoms with van der Waals surface area (Å²) in [6, 6.07) is 6.93. The Morgan fingerprint density at radius 2 is 2.00 bits per heavy atom. The van der Waals surface area contributed by atoms with E-state index in [0.717, 1.165) is 24.8 Å². The normalized spacial score (nSPS) is 18.6. The summed E-state index contributed by atoms with van der Waals surface area (Å²) in [6.45, 7) is 2.40. The number of hydrogen-bond donors (Lipinski definition) is 2. The number of nitrogens with two attached hydrogens (primary N) is 1. The van der Waals surface area contributed by atoms with Gasteiger partial charge in [0.05, 0.1) is 4.90 Å². The largest absolute Gasteiger partial charge is 0.326 e. The van der Waals surface area contributed by atoms with E-state index in [1.165, 1.54) is 19.3 Å². The third-order valence-corrected chi connectivity index (χ3v) is 5.90. The van der Waals surface area contributed by atoms with Crippen LogP contribution >= 0.6 is 0 Å². The lowest BCUT2D eigenvalue weighted by molar-refractivity contribution is 0.285. The summed E-state index contributed by atoms with van der Waals surface area (Å²) in [5.41, 5.74) is 6.43. The van der Waals surface area contributed by atoms with E-state index < -0.39 is 10.0 Å². The number of hydrogen-bond acceptors (Lipinski definition) is 3. The summed E-state index contributed by atoms with van der Waals surface area (Å²) < 4.78 is 28.0. The van der Waals surface area contributed by atoms with E-state index in [1.54, 1.807) is 18.2 Å². The van der Waals surface area contributed by atoms with Gasteiger partial charge in [0.25, 0.3) is 0 Å². The van der Waals surface area contributed by atoms with Gasteiger partial charge in [0, 0.05) is 12.6 Å². The van der Waals surface area contributed by atoms with Gasteiger partial charge < -0.3 is 5.73 Å². The number of benzene rings is 1. The van der Waals surface area contributed by atoms with Gasteiger partial charge in [-0.3, -0.25) is 0 Å². The van der Waals surface area contributed by atoms with E-state index in [1.807, 2.05) is 6.07 Å². The van der Waals surface area contributed by atoms with Crippen LogP contribution in [0.15, 0.2) is 29.2 Å². The van der Waals surface area contributed by atoms with Crippen LogP contribution in [0.2, 0.25) is 0 Å². The third-order valence-electron chi connectivity index (χ3n) is 4.41. The molecule has 1 fully saturated rings. The molecule has 0 radical (unpaired) electrons. The van der Waals surface area contributed by atoms with Gasteiger partial charge in [-0.05, 0) is 42.9 Å². The van der Waals surface area contributed by atoms with Crippen molar-refractivity contribution < 1.29 is 8.42 Å². The highest BCUT2D eigenvalue weighted by atomic mass is 32.2. The van der Waals surface area contributed by atoms with Crippen molar-refractivity contribution in [1.29, 1.82) is 0 Å². The second-order valence-corrected chi connectivity index (χ2v) is 7.60. The molecule has 0 bridgehead atoms. The second-order valence-electron chi connectivity index (χ2n) is 5.89. The lowest BCUT2D eigenvalue weighted by Gasteiger charge is -2.30. The number of sulfonamides is 1. The minimum Gasteiger partial charge on any atom is -0.326 e. The first-order chi connectivity index (χ1) is 10.1. The van der Waals surface area contributed by atoms with Gasteiger partial charge in [0.15, 0.2) is 0 Å². The monoisotopic (exact) mass is 310 g/mol. The van der Waals surface area contributed by atoms with Crippen molar-refractivity contribution in [3.63, 3.8) is 0 Å². The molecule has 0 spiro atoms. The molecule has 1 aromatic carbocycles. The summed E-state index contributed by atoms with van der Waals surface area (Å²) in [6.07, 6.45) is 6.80. The highest BCUT2D eigenvalue weighted by Gasteiger charge is 2.27. The van der Waals surface area contributed by atoms with Crippen molar-refractivity contribution in [2.75, 3.05) is 0 Å². The third kappa shape index (κ3) is 4.28. The summed E-state index contributed by atoms with van der Waals surface area (Å²) in [5.74, 6) is 0.469. The zero-order valence-corrected chi connectivity index (χ0v) is 13.5. The van der Waals surface area contributed by atoms with Crippen LogP contribution < -0.4 is 10.5 Å². The fourth-order valence-electron chi connectivity index (χ4n) is 3.16. The smallest absolute Gasteiger partial charge is 0.240 e. The fraction of sp³-hybridized carbons (Fsp3) is 0.625. The molecule has 2 rings (SSSR count). The van der Waals surface area contributed by atoms with Crippen molar-refractivity contribution in [3.8, 4) is 0 Å². The molecule has 0 heterocycles. The predicted molar refractivity (Wildman–Crippen MR) is 85.3 cm³/mol. The minimum atomic E-state index is -3.46. The Balaban J connectivity index is 2.14. The van der Waals surface area contributed by atoms with E-state index in [-0.39, 0.29) is 6.04 Å². The first-order valence-electron chi connectivity index (χ1n) is 7.88. The maximum absolute atomic E-state index is 12.6. The molecule has 5 heteroatoms. The van der Waals surface area contributed by atoms with Gasteiger partial charge >= 0.3 is 0 Å². The van der Waals surface area contributed by atoms with Crippen molar-refractivity contribution in [1.82, 2.24) is 4.72 Å². The van der Waals surface area contributed by atoms with E-state index in [0.29, 0.717) is 17.4 Å². The first kappa shape index (κ1) is 16.5. The molecular formula is C16H26N2O2S. The average Bonchev–Trinajstić information content (AvgIpc) is 2.53. The van der Waals surface area contributed by atoms with E-state index in [9.17, 15) is 8.42 Å². The standard InChI is InChI=1S/C16H26N2O2S/c1-2-16(14-8-4-3-5-9-14)18-21(19,20)15-10-6-7-13(11-15)12-17/h6-7,10-11,14,16,18H,2-5,8-9,12,17H2,1H3. The molecule has 4 nitrogen and oxygen atoms in total. The molecule has 1 atom stereocenters.